The Morgan fingerprint density at radius 2 is 2.06 bits per heavy atom. The number of carbonyl (C=O) groups excluding carboxylic acids is 1. The first-order valence-electron chi connectivity index (χ1n) is 9.76. The monoisotopic (exact) mass is 495 g/mol. The smallest absolute Gasteiger partial charge is 0.265 e. The number of nitrogens with zero attached hydrogens (tertiary/aromatic N) is 4. The first kappa shape index (κ1) is 20.0. The summed E-state index contributed by atoms with van der Waals surface area (Å²) in [5.74, 6) is 0.493. The van der Waals surface area contributed by atoms with E-state index in [9.17, 15) is 9.59 Å². The van der Waals surface area contributed by atoms with Crippen molar-refractivity contribution in [3.63, 3.8) is 0 Å². The summed E-state index contributed by atoms with van der Waals surface area (Å²) < 4.78 is 4.30. The maximum atomic E-state index is 13.2. The normalized spacial score (nSPS) is 15.2. The number of aromatic nitrogens is 4. The number of aryl methyl sites for hydroxylation is 1. The molecule has 4 aromatic rings. The van der Waals surface area contributed by atoms with Crippen molar-refractivity contribution in [3.05, 3.63) is 75.1 Å². The number of fused-ring (bicyclic) bond motifs is 2. The molecule has 2 aromatic heterocycles. The van der Waals surface area contributed by atoms with Crippen molar-refractivity contribution < 1.29 is 4.79 Å². The first-order valence-corrected chi connectivity index (χ1v) is 11.5. The van der Waals surface area contributed by atoms with Gasteiger partial charge in [-0.1, -0.05) is 45.9 Å². The highest BCUT2D eigenvalue weighted by Crippen LogP contribution is 2.33. The highest BCUT2D eigenvalue weighted by atomic mass is 79.9. The Morgan fingerprint density at radius 1 is 1.26 bits per heavy atom. The Balaban J connectivity index is 1.43. The number of nitrogens with one attached hydrogen (secondary N) is 1. The molecule has 0 fully saturated rings. The minimum atomic E-state index is -0.249. The molecule has 7 nitrogen and oxygen atoms in total. The van der Waals surface area contributed by atoms with Gasteiger partial charge in [0.25, 0.3) is 5.56 Å². The Bertz CT molecular complexity index is 1370. The van der Waals surface area contributed by atoms with Crippen LogP contribution in [-0.2, 0) is 4.79 Å². The number of rotatable bonds is 4. The van der Waals surface area contributed by atoms with Crippen molar-refractivity contribution in [1.82, 2.24) is 19.3 Å². The third kappa shape index (κ3) is 3.68. The molecule has 0 saturated carbocycles. The van der Waals surface area contributed by atoms with Crippen molar-refractivity contribution in [2.75, 3.05) is 11.1 Å². The molecule has 2 aromatic carbocycles. The number of hydrogen-bond donors (Lipinski definition) is 1. The number of thioether (sulfide) groups is 1. The molecule has 1 aliphatic heterocycles. The lowest BCUT2D eigenvalue weighted by atomic mass is 10.2. The average molecular weight is 496 g/mol. The van der Waals surface area contributed by atoms with Crippen LogP contribution in [0.15, 0.2) is 69.2 Å². The van der Waals surface area contributed by atoms with Crippen LogP contribution in [0.2, 0.25) is 0 Å². The number of anilines is 1. The first-order chi connectivity index (χ1) is 15.0. The number of amides is 1. The van der Waals surface area contributed by atoms with E-state index in [2.05, 4.69) is 26.3 Å². The predicted molar refractivity (Wildman–Crippen MR) is 125 cm³/mol. The minimum absolute atomic E-state index is 0.132. The van der Waals surface area contributed by atoms with Crippen LogP contribution < -0.4 is 10.9 Å². The molecule has 0 aliphatic carbocycles. The number of carbonyl (C=O) groups is 1. The second kappa shape index (κ2) is 7.97. The number of benzene rings is 2. The number of para-hydroxylation sites is 1. The van der Waals surface area contributed by atoms with E-state index in [0.29, 0.717) is 21.9 Å². The van der Waals surface area contributed by atoms with E-state index in [1.165, 1.54) is 11.8 Å². The number of hydrogen-bond acceptors (Lipinski definition) is 5. The minimum Gasteiger partial charge on any atom is -0.326 e. The van der Waals surface area contributed by atoms with Gasteiger partial charge in [0.2, 0.25) is 5.91 Å². The Kier molecular flexibility index (Phi) is 5.15. The van der Waals surface area contributed by atoms with Gasteiger partial charge in [-0.05, 0) is 42.8 Å². The molecule has 0 spiro atoms. The summed E-state index contributed by atoms with van der Waals surface area (Å²) in [5, 5.41) is 8.37. The van der Waals surface area contributed by atoms with E-state index in [0.717, 1.165) is 21.4 Å². The van der Waals surface area contributed by atoms with Gasteiger partial charge in [0.15, 0.2) is 10.8 Å². The SMILES string of the molecule is Cc1cc(NC(=O)CC2CSc3nc4c(cnn4-c4ccccc4)c(=O)n32)ccc1Br. The molecule has 1 atom stereocenters. The van der Waals surface area contributed by atoms with E-state index in [-0.39, 0.29) is 23.9 Å². The van der Waals surface area contributed by atoms with Gasteiger partial charge in [0.1, 0.15) is 5.39 Å². The molecule has 5 rings (SSSR count). The quantitative estimate of drug-likeness (QED) is 0.426. The highest BCUT2D eigenvalue weighted by molar-refractivity contribution is 9.10. The van der Waals surface area contributed by atoms with Gasteiger partial charge in [0, 0.05) is 22.3 Å². The summed E-state index contributed by atoms with van der Waals surface area (Å²) in [6.07, 6.45) is 1.75. The van der Waals surface area contributed by atoms with Crippen molar-refractivity contribution in [1.29, 1.82) is 0 Å². The zero-order valence-corrected chi connectivity index (χ0v) is 19.0. The average Bonchev–Trinajstić information content (AvgIpc) is 3.36. The molecule has 1 aliphatic rings. The summed E-state index contributed by atoms with van der Waals surface area (Å²) in [5.41, 5.74) is 2.99. The molecule has 1 unspecified atom stereocenters. The molecule has 1 N–H and O–H groups in total. The van der Waals surface area contributed by atoms with Crippen molar-refractivity contribution >= 4 is 50.3 Å². The fraction of sp³-hybridized carbons (Fsp3) is 0.182. The highest BCUT2D eigenvalue weighted by Gasteiger charge is 2.29. The van der Waals surface area contributed by atoms with Gasteiger partial charge in [0.05, 0.1) is 17.9 Å². The predicted octanol–water partition coefficient (Wildman–Crippen LogP) is 4.33. The summed E-state index contributed by atoms with van der Waals surface area (Å²) in [4.78, 5) is 30.6. The standard InChI is InChI=1S/C22H18BrN5O2S/c1-13-9-14(7-8-18(13)23)25-19(29)10-16-12-31-22-26-20-17(21(30)27(16)22)11-24-28(20)15-5-3-2-4-6-15/h2-9,11,16H,10,12H2,1H3,(H,25,29). The van der Waals surface area contributed by atoms with Gasteiger partial charge in [-0.15, -0.1) is 0 Å². The lowest BCUT2D eigenvalue weighted by molar-refractivity contribution is -0.116. The van der Waals surface area contributed by atoms with Crippen LogP contribution in [0.5, 0.6) is 0 Å². The molecule has 0 saturated heterocycles. The Morgan fingerprint density at radius 3 is 2.84 bits per heavy atom. The molecule has 9 heteroatoms. The van der Waals surface area contributed by atoms with Gasteiger partial charge >= 0.3 is 0 Å². The van der Waals surface area contributed by atoms with Crippen LogP contribution >= 0.6 is 27.7 Å². The topological polar surface area (TPSA) is 81.8 Å². The van der Waals surface area contributed by atoms with Gasteiger partial charge in [-0.3, -0.25) is 14.2 Å². The van der Waals surface area contributed by atoms with Crippen molar-refractivity contribution in [2.24, 2.45) is 0 Å². The lowest BCUT2D eigenvalue weighted by Crippen LogP contribution is -2.27. The largest absolute Gasteiger partial charge is 0.326 e. The van der Waals surface area contributed by atoms with Crippen LogP contribution in [0.4, 0.5) is 5.69 Å². The summed E-state index contributed by atoms with van der Waals surface area (Å²) >= 11 is 4.95. The molecular weight excluding hydrogens is 478 g/mol. The molecular formula is C22H18BrN5O2S. The fourth-order valence-corrected chi connectivity index (χ4v) is 5.06. The molecule has 156 valence electrons. The maximum Gasteiger partial charge on any atom is 0.265 e. The van der Waals surface area contributed by atoms with Crippen LogP contribution in [0.1, 0.15) is 18.0 Å². The number of halogens is 1. The van der Waals surface area contributed by atoms with Gasteiger partial charge in [-0.25, -0.2) is 9.67 Å². The van der Waals surface area contributed by atoms with E-state index in [1.54, 1.807) is 15.4 Å². The molecule has 0 bridgehead atoms. The summed E-state index contributed by atoms with van der Waals surface area (Å²) in [6.45, 7) is 1.97. The Hall–Kier alpha value is -2.91. The molecule has 3 heterocycles. The zero-order valence-electron chi connectivity index (χ0n) is 16.6. The van der Waals surface area contributed by atoms with Crippen molar-refractivity contribution in [3.8, 4) is 5.69 Å². The van der Waals surface area contributed by atoms with Crippen LogP contribution in [-0.4, -0.2) is 31.0 Å². The van der Waals surface area contributed by atoms with E-state index in [1.807, 2.05) is 55.5 Å². The summed E-state index contributed by atoms with van der Waals surface area (Å²) in [7, 11) is 0. The van der Waals surface area contributed by atoms with Crippen molar-refractivity contribution in [2.45, 2.75) is 24.5 Å². The van der Waals surface area contributed by atoms with Gasteiger partial charge < -0.3 is 5.32 Å². The zero-order chi connectivity index (χ0) is 21.5. The third-order valence-electron chi connectivity index (χ3n) is 5.23. The van der Waals surface area contributed by atoms with Crippen LogP contribution in [0.3, 0.4) is 0 Å². The third-order valence-corrected chi connectivity index (χ3v) is 7.22. The second-order valence-electron chi connectivity index (χ2n) is 7.38. The van der Waals surface area contributed by atoms with Crippen LogP contribution in [0.25, 0.3) is 16.7 Å². The van der Waals surface area contributed by atoms with E-state index >= 15 is 0 Å². The lowest BCUT2D eigenvalue weighted by Gasteiger charge is -2.14. The second-order valence-corrected chi connectivity index (χ2v) is 9.22. The fourth-order valence-electron chi connectivity index (χ4n) is 3.69. The molecule has 0 radical (unpaired) electrons. The van der Waals surface area contributed by atoms with E-state index in [4.69, 9.17) is 4.98 Å². The molecule has 1 amide bonds. The van der Waals surface area contributed by atoms with Crippen LogP contribution in [0, 0.1) is 6.92 Å². The van der Waals surface area contributed by atoms with Gasteiger partial charge in [-0.2, -0.15) is 5.10 Å². The summed E-state index contributed by atoms with van der Waals surface area (Å²) in [6, 6.07) is 15.0. The Labute approximate surface area is 190 Å². The maximum absolute atomic E-state index is 13.2. The van der Waals surface area contributed by atoms with E-state index < -0.39 is 0 Å². The molecule has 31 heavy (non-hydrogen) atoms.